The van der Waals surface area contributed by atoms with E-state index in [2.05, 4.69) is 48.3 Å². The molecule has 0 saturated carbocycles. The molecule has 0 fully saturated rings. The van der Waals surface area contributed by atoms with Gasteiger partial charge in [0.05, 0.1) is 0 Å². The van der Waals surface area contributed by atoms with Gasteiger partial charge in [0.1, 0.15) is 0 Å². The van der Waals surface area contributed by atoms with Gasteiger partial charge in [-0.05, 0) is 37.6 Å². The standard InChI is InChI=1S/C14H22N2/c1-3-16(4-2)13-10-9-12-7-5-6-8-14(12)15-11-13/h5-8,13,15H,3-4,9-11H2,1-2H3. The minimum Gasteiger partial charge on any atom is -0.383 e. The Hall–Kier alpha value is -1.02. The molecule has 2 nitrogen and oxygen atoms in total. The Kier molecular flexibility index (Phi) is 3.83. The van der Waals surface area contributed by atoms with Crippen LogP contribution in [0, 0.1) is 0 Å². The van der Waals surface area contributed by atoms with Gasteiger partial charge in [0, 0.05) is 18.3 Å². The first-order valence-electron chi connectivity index (χ1n) is 6.41. The van der Waals surface area contributed by atoms with Crippen molar-refractivity contribution in [2.45, 2.75) is 32.7 Å². The average molecular weight is 218 g/mol. The number of hydrogen-bond donors (Lipinski definition) is 1. The van der Waals surface area contributed by atoms with Crippen molar-refractivity contribution < 1.29 is 0 Å². The highest BCUT2D eigenvalue weighted by Crippen LogP contribution is 2.22. The Morgan fingerprint density at radius 3 is 2.75 bits per heavy atom. The van der Waals surface area contributed by atoms with Crippen LogP contribution < -0.4 is 5.32 Å². The highest BCUT2D eigenvalue weighted by atomic mass is 15.2. The molecule has 0 radical (unpaired) electrons. The summed E-state index contributed by atoms with van der Waals surface area (Å²) >= 11 is 0. The van der Waals surface area contributed by atoms with Crippen LogP contribution in [-0.2, 0) is 6.42 Å². The lowest BCUT2D eigenvalue weighted by molar-refractivity contribution is 0.217. The lowest BCUT2D eigenvalue weighted by Gasteiger charge is -2.28. The van der Waals surface area contributed by atoms with Gasteiger partial charge in [-0.2, -0.15) is 0 Å². The molecule has 2 rings (SSSR count). The van der Waals surface area contributed by atoms with Crippen molar-refractivity contribution in [3.8, 4) is 0 Å². The van der Waals surface area contributed by atoms with Crippen LogP contribution in [-0.4, -0.2) is 30.6 Å². The normalized spacial score (nSPS) is 20.1. The fraction of sp³-hybridized carbons (Fsp3) is 0.571. The molecule has 1 atom stereocenters. The summed E-state index contributed by atoms with van der Waals surface area (Å²) in [5.74, 6) is 0. The fourth-order valence-corrected chi connectivity index (χ4v) is 2.61. The largest absolute Gasteiger partial charge is 0.383 e. The first-order chi connectivity index (χ1) is 7.85. The number of nitrogens with one attached hydrogen (secondary N) is 1. The van der Waals surface area contributed by atoms with Gasteiger partial charge in [0.2, 0.25) is 0 Å². The summed E-state index contributed by atoms with van der Waals surface area (Å²) in [6.07, 6.45) is 2.47. The highest BCUT2D eigenvalue weighted by Gasteiger charge is 2.19. The van der Waals surface area contributed by atoms with E-state index in [0.29, 0.717) is 6.04 Å². The van der Waals surface area contributed by atoms with Crippen LogP contribution in [0.2, 0.25) is 0 Å². The van der Waals surface area contributed by atoms with E-state index in [0.717, 1.165) is 19.6 Å². The number of anilines is 1. The number of benzene rings is 1. The molecule has 2 heteroatoms. The molecule has 88 valence electrons. The maximum atomic E-state index is 3.58. The van der Waals surface area contributed by atoms with Gasteiger partial charge in [0.15, 0.2) is 0 Å². The Morgan fingerprint density at radius 2 is 2.00 bits per heavy atom. The van der Waals surface area contributed by atoms with Gasteiger partial charge in [-0.1, -0.05) is 32.0 Å². The van der Waals surface area contributed by atoms with Crippen molar-refractivity contribution in [2.75, 3.05) is 25.0 Å². The number of likely N-dealkylation sites (N-methyl/N-ethyl adjacent to an activating group) is 1. The van der Waals surface area contributed by atoms with E-state index >= 15 is 0 Å². The summed E-state index contributed by atoms with van der Waals surface area (Å²) in [6, 6.07) is 9.37. The third kappa shape index (κ3) is 2.38. The molecule has 16 heavy (non-hydrogen) atoms. The van der Waals surface area contributed by atoms with Crippen LogP contribution in [0.25, 0.3) is 0 Å². The van der Waals surface area contributed by atoms with Crippen molar-refractivity contribution in [1.29, 1.82) is 0 Å². The number of rotatable bonds is 3. The van der Waals surface area contributed by atoms with Gasteiger partial charge < -0.3 is 5.32 Å². The second-order valence-electron chi connectivity index (χ2n) is 4.45. The van der Waals surface area contributed by atoms with E-state index in [1.165, 1.54) is 24.1 Å². The first-order valence-corrected chi connectivity index (χ1v) is 6.41. The third-order valence-electron chi connectivity index (χ3n) is 3.62. The van der Waals surface area contributed by atoms with Crippen LogP contribution in [0.4, 0.5) is 5.69 Å². The van der Waals surface area contributed by atoms with E-state index in [4.69, 9.17) is 0 Å². The summed E-state index contributed by atoms with van der Waals surface area (Å²) in [7, 11) is 0. The minimum atomic E-state index is 0.683. The quantitative estimate of drug-likeness (QED) is 0.839. The molecule has 0 spiro atoms. The molecule has 0 aliphatic carbocycles. The SMILES string of the molecule is CCN(CC)C1CCc2ccccc2NC1. The number of hydrogen-bond acceptors (Lipinski definition) is 2. The molecular weight excluding hydrogens is 196 g/mol. The zero-order valence-electron chi connectivity index (χ0n) is 10.4. The molecule has 1 aromatic rings. The lowest BCUT2D eigenvalue weighted by Crippen LogP contribution is -2.39. The van der Waals surface area contributed by atoms with Crippen LogP contribution in [0.5, 0.6) is 0 Å². The topological polar surface area (TPSA) is 15.3 Å². The molecular formula is C14H22N2. The Morgan fingerprint density at radius 1 is 1.25 bits per heavy atom. The third-order valence-corrected chi connectivity index (χ3v) is 3.62. The van der Waals surface area contributed by atoms with E-state index < -0.39 is 0 Å². The molecule has 0 amide bonds. The Bertz CT molecular complexity index is 304. The monoisotopic (exact) mass is 218 g/mol. The summed E-state index contributed by atoms with van der Waals surface area (Å²) in [5.41, 5.74) is 2.80. The predicted molar refractivity (Wildman–Crippen MR) is 70.0 cm³/mol. The maximum absolute atomic E-state index is 3.58. The molecule has 1 N–H and O–H groups in total. The summed E-state index contributed by atoms with van der Waals surface area (Å²) in [5, 5.41) is 3.58. The van der Waals surface area contributed by atoms with Crippen molar-refractivity contribution in [3.63, 3.8) is 0 Å². The minimum absolute atomic E-state index is 0.683. The van der Waals surface area contributed by atoms with Crippen molar-refractivity contribution >= 4 is 5.69 Å². The van der Waals surface area contributed by atoms with E-state index in [1.54, 1.807) is 0 Å². The van der Waals surface area contributed by atoms with Gasteiger partial charge in [-0.3, -0.25) is 4.90 Å². The van der Waals surface area contributed by atoms with Crippen LogP contribution in [0.15, 0.2) is 24.3 Å². The van der Waals surface area contributed by atoms with Gasteiger partial charge in [-0.15, -0.1) is 0 Å². The molecule has 1 unspecified atom stereocenters. The van der Waals surface area contributed by atoms with Crippen LogP contribution >= 0.6 is 0 Å². The zero-order valence-corrected chi connectivity index (χ0v) is 10.4. The molecule has 1 aliphatic heterocycles. The molecule has 0 bridgehead atoms. The zero-order chi connectivity index (χ0) is 11.4. The fourth-order valence-electron chi connectivity index (χ4n) is 2.61. The number of fused-ring (bicyclic) bond motifs is 1. The Balaban J connectivity index is 2.07. The number of para-hydroxylation sites is 1. The van der Waals surface area contributed by atoms with Gasteiger partial charge in [-0.25, -0.2) is 0 Å². The van der Waals surface area contributed by atoms with Crippen LogP contribution in [0.3, 0.4) is 0 Å². The summed E-state index contributed by atoms with van der Waals surface area (Å²) in [4.78, 5) is 2.55. The van der Waals surface area contributed by atoms with Crippen molar-refractivity contribution in [3.05, 3.63) is 29.8 Å². The summed E-state index contributed by atoms with van der Waals surface area (Å²) < 4.78 is 0. The predicted octanol–water partition coefficient (Wildman–Crippen LogP) is 2.76. The Labute approximate surface area is 98.7 Å². The van der Waals surface area contributed by atoms with Crippen LogP contribution in [0.1, 0.15) is 25.8 Å². The molecule has 0 saturated heterocycles. The van der Waals surface area contributed by atoms with Crippen molar-refractivity contribution in [1.82, 2.24) is 4.90 Å². The smallest absolute Gasteiger partial charge is 0.0373 e. The van der Waals surface area contributed by atoms with Gasteiger partial charge in [0.25, 0.3) is 0 Å². The summed E-state index contributed by atoms with van der Waals surface area (Å²) in [6.45, 7) is 7.89. The number of nitrogens with zero attached hydrogens (tertiary/aromatic N) is 1. The molecule has 1 aliphatic rings. The van der Waals surface area contributed by atoms with E-state index in [-0.39, 0.29) is 0 Å². The maximum Gasteiger partial charge on any atom is 0.0373 e. The highest BCUT2D eigenvalue weighted by molar-refractivity contribution is 5.52. The average Bonchev–Trinajstić information content (AvgIpc) is 2.54. The second-order valence-corrected chi connectivity index (χ2v) is 4.45. The van der Waals surface area contributed by atoms with Crippen molar-refractivity contribution in [2.24, 2.45) is 0 Å². The molecule has 0 aromatic heterocycles. The number of aryl methyl sites for hydroxylation is 1. The first kappa shape index (κ1) is 11.5. The van der Waals surface area contributed by atoms with Gasteiger partial charge >= 0.3 is 0 Å². The second kappa shape index (κ2) is 5.35. The molecule has 1 aromatic carbocycles. The van der Waals surface area contributed by atoms with E-state index in [9.17, 15) is 0 Å². The lowest BCUT2D eigenvalue weighted by atomic mass is 10.1. The molecule has 1 heterocycles. The van der Waals surface area contributed by atoms with E-state index in [1.807, 2.05) is 0 Å².